The molecule has 1 amide bonds. The Labute approximate surface area is 156 Å². The lowest BCUT2D eigenvalue weighted by molar-refractivity contribution is -0.128. The van der Waals surface area contributed by atoms with Crippen LogP contribution in [0.15, 0.2) is 24.3 Å². The zero-order valence-corrected chi connectivity index (χ0v) is 16.1. The standard InChI is InChI=1S/C21H32FN3O/c1-16(2)14-25-11-4-3-5-20(25)21(26)23-13-17-10-12-24(15-17)19-8-6-18(22)7-9-19/h6-9,16-17,20H,3-5,10-15H2,1-2H3,(H,23,26)/t17-,20+/m1/s1. The van der Waals surface area contributed by atoms with Gasteiger partial charge in [0.05, 0.1) is 6.04 Å². The SMILES string of the molecule is CC(C)CN1CCCC[C@H]1C(=O)NC[C@H]1CCN(c2ccc(F)cc2)C1. The van der Waals surface area contributed by atoms with Crippen molar-refractivity contribution in [2.75, 3.05) is 37.6 Å². The van der Waals surface area contributed by atoms with Gasteiger partial charge in [0.2, 0.25) is 5.91 Å². The molecule has 0 aromatic heterocycles. The van der Waals surface area contributed by atoms with Crippen LogP contribution in [0.25, 0.3) is 0 Å². The molecule has 0 unspecified atom stereocenters. The van der Waals surface area contributed by atoms with Gasteiger partial charge in [-0.05, 0) is 61.9 Å². The zero-order valence-electron chi connectivity index (χ0n) is 16.1. The molecular weight excluding hydrogens is 329 g/mol. The van der Waals surface area contributed by atoms with Crippen LogP contribution in [-0.2, 0) is 4.79 Å². The number of nitrogens with zero attached hydrogens (tertiary/aromatic N) is 2. The van der Waals surface area contributed by atoms with E-state index in [4.69, 9.17) is 0 Å². The van der Waals surface area contributed by atoms with Gasteiger partial charge < -0.3 is 10.2 Å². The second-order valence-corrected chi connectivity index (χ2v) is 8.22. The summed E-state index contributed by atoms with van der Waals surface area (Å²) in [4.78, 5) is 17.4. The van der Waals surface area contributed by atoms with E-state index in [0.29, 0.717) is 11.8 Å². The quantitative estimate of drug-likeness (QED) is 0.845. The van der Waals surface area contributed by atoms with Gasteiger partial charge in [0.25, 0.3) is 0 Å². The molecule has 1 aromatic carbocycles. The number of likely N-dealkylation sites (tertiary alicyclic amines) is 1. The Bertz CT molecular complexity index is 589. The Morgan fingerprint density at radius 1 is 1.19 bits per heavy atom. The number of amides is 1. The lowest BCUT2D eigenvalue weighted by Gasteiger charge is -2.35. The number of anilines is 1. The van der Waals surface area contributed by atoms with E-state index in [0.717, 1.165) is 57.7 Å². The van der Waals surface area contributed by atoms with Gasteiger partial charge in [0.15, 0.2) is 0 Å². The van der Waals surface area contributed by atoms with Crippen LogP contribution in [0.1, 0.15) is 39.5 Å². The fourth-order valence-corrected chi connectivity index (χ4v) is 4.22. The predicted molar refractivity (Wildman–Crippen MR) is 104 cm³/mol. The largest absolute Gasteiger partial charge is 0.371 e. The van der Waals surface area contributed by atoms with E-state index in [1.807, 2.05) is 12.1 Å². The Kier molecular flexibility index (Phi) is 6.52. The topological polar surface area (TPSA) is 35.6 Å². The minimum absolute atomic E-state index is 0.0424. The summed E-state index contributed by atoms with van der Waals surface area (Å²) in [6.45, 7) is 9.10. The first-order chi connectivity index (χ1) is 12.5. The molecule has 2 aliphatic rings. The number of hydrogen-bond donors (Lipinski definition) is 1. The Morgan fingerprint density at radius 2 is 1.96 bits per heavy atom. The number of halogens is 1. The molecule has 1 aromatic rings. The van der Waals surface area contributed by atoms with E-state index in [2.05, 4.69) is 29.0 Å². The van der Waals surface area contributed by atoms with Crippen LogP contribution in [0.2, 0.25) is 0 Å². The Hall–Kier alpha value is -1.62. The molecule has 26 heavy (non-hydrogen) atoms. The molecule has 2 aliphatic heterocycles. The maximum atomic E-state index is 13.1. The summed E-state index contributed by atoms with van der Waals surface area (Å²) in [5, 5.41) is 3.21. The summed E-state index contributed by atoms with van der Waals surface area (Å²) in [7, 11) is 0. The van der Waals surface area contributed by atoms with Crippen molar-refractivity contribution < 1.29 is 9.18 Å². The molecule has 5 heteroatoms. The minimum Gasteiger partial charge on any atom is -0.371 e. The maximum absolute atomic E-state index is 13.1. The molecule has 1 N–H and O–H groups in total. The van der Waals surface area contributed by atoms with Crippen LogP contribution in [0.4, 0.5) is 10.1 Å². The first kappa shape index (κ1) is 19.2. The van der Waals surface area contributed by atoms with Crippen molar-refractivity contribution in [3.05, 3.63) is 30.1 Å². The summed E-state index contributed by atoms with van der Waals surface area (Å²) >= 11 is 0. The van der Waals surface area contributed by atoms with Gasteiger partial charge in [0, 0.05) is 31.9 Å². The zero-order chi connectivity index (χ0) is 18.5. The number of carbonyl (C=O) groups is 1. The van der Waals surface area contributed by atoms with E-state index >= 15 is 0 Å². The number of carbonyl (C=O) groups excluding carboxylic acids is 1. The molecule has 0 radical (unpaired) electrons. The fourth-order valence-electron chi connectivity index (χ4n) is 4.22. The minimum atomic E-state index is -0.199. The lowest BCUT2D eigenvalue weighted by Crippen LogP contribution is -2.51. The molecule has 0 spiro atoms. The lowest BCUT2D eigenvalue weighted by atomic mass is 9.99. The van der Waals surface area contributed by atoms with Crippen LogP contribution >= 0.6 is 0 Å². The van der Waals surface area contributed by atoms with Crippen LogP contribution in [0.5, 0.6) is 0 Å². The first-order valence-electron chi connectivity index (χ1n) is 10.0. The molecular formula is C21H32FN3O. The van der Waals surface area contributed by atoms with Crippen LogP contribution < -0.4 is 10.2 Å². The van der Waals surface area contributed by atoms with Gasteiger partial charge in [-0.25, -0.2) is 4.39 Å². The number of rotatable bonds is 6. The monoisotopic (exact) mass is 361 g/mol. The van der Waals surface area contributed by atoms with Gasteiger partial charge in [-0.1, -0.05) is 20.3 Å². The second kappa shape index (κ2) is 8.85. The maximum Gasteiger partial charge on any atom is 0.237 e. The third-order valence-corrected chi connectivity index (χ3v) is 5.56. The molecule has 4 nitrogen and oxygen atoms in total. The van der Waals surface area contributed by atoms with Gasteiger partial charge in [-0.15, -0.1) is 0 Å². The number of piperidine rings is 1. The van der Waals surface area contributed by atoms with Crippen LogP contribution in [-0.4, -0.2) is 49.6 Å². The normalized spacial score (nSPS) is 24.2. The van der Waals surface area contributed by atoms with E-state index in [1.165, 1.54) is 18.6 Å². The fraction of sp³-hybridized carbons (Fsp3) is 0.667. The number of nitrogens with one attached hydrogen (secondary N) is 1. The van der Waals surface area contributed by atoms with Crippen molar-refractivity contribution in [2.45, 2.75) is 45.6 Å². The molecule has 2 heterocycles. The van der Waals surface area contributed by atoms with E-state index in [9.17, 15) is 9.18 Å². The van der Waals surface area contributed by atoms with Crippen molar-refractivity contribution in [2.24, 2.45) is 11.8 Å². The number of hydrogen-bond acceptors (Lipinski definition) is 3. The van der Waals surface area contributed by atoms with Crippen molar-refractivity contribution in [3.63, 3.8) is 0 Å². The van der Waals surface area contributed by atoms with E-state index in [-0.39, 0.29) is 17.8 Å². The molecule has 2 saturated heterocycles. The number of benzene rings is 1. The van der Waals surface area contributed by atoms with Gasteiger partial charge in [0.1, 0.15) is 5.82 Å². The van der Waals surface area contributed by atoms with Crippen molar-refractivity contribution in [3.8, 4) is 0 Å². The molecule has 0 bridgehead atoms. The molecule has 0 saturated carbocycles. The first-order valence-corrected chi connectivity index (χ1v) is 10.0. The van der Waals surface area contributed by atoms with Crippen LogP contribution in [0.3, 0.4) is 0 Å². The van der Waals surface area contributed by atoms with Crippen molar-refractivity contribution >= 4 is 11.6 Å². The summed E-state index contributed by atoms with van der Waals surface area (Å²) < 4.78 is 13.1. The Balaban J connectivity index is 1.47. The average molecular weight is 362 g/mol. The van der Waals surface area contributed by atoms with Crippen molar-refractivity contribution in [1.29, 1.82) is 0 Å². The molecule has 0 aliphatic carbocycles. The third-order valence-electron chi connectivity index (χ3n) is 5.56. The molecule has 3 rings (SSSR count). The highest BCUT2D eigenvalue weighted by atomic mass is 19.1. The van der Waals surface area contributed by atoms with Gasteiger partial charge in [-0.3, -0.25) is 9.69 Å². The second-order valence-electron chi connectivity index (χ2n) is 8.22. The van der Waals surface area contributed by atoms with E-state index in [1.54, 1.807) is 0 Å². The van der Waals surface area contributed by atoms with Crippen molar-refractivity contribution in [1.82, 2.24) is 10.2 Å². The third kappa shape index (κ3) is 4.97. The highest BCUT2D eigenvalue weighted by Crippen LogP contribution is 2.24. The average Bonchev–Trinajstić information content (AvgIpc) is 3.09. The van der Waals surface area contributed by atoms with Gasteiger partial charge in [-0.2, -0.15) is 0 Å². The molecule has 2 atom stereocenters. The highest BCUT2D eigenvalue weighted by molar-refractivity contribution is 5.81. The molecule has 2 fully saturated rings. The van der Waals surface area contributed by atoms with Crippen LogP contribution in [0, 0.1) is 17.7 Å². The predicted octanol–water partition coefficient (Wildman–Crippen LogP) is 3.28. The Morgan fingerprint density at radius 3 is 2.69 bits per heavy atom. The highest BCUT2D eigenvalue weighted by Gasteiger charge is 2.30. The molecule has 144 valence electrons. The van der Waals surface area contributed by atoms with E-state index < -0.39 is 0 Å². The summed E-state index contributed by atoms with van der Waals surface area (Å²) in [6.07, 6.45) is 4.39. The summed E-state index contributed by atoms with van der Waals surface area (Å²) in [6, 6.07) is 6.73. The summed E-state index contributed by atoms with van der Waals surface area (Å²) in [5.74, 6) is 1.05. The smallest absolute Gasteiger partial charge is 0.237 e. The summed E-state index contributed by atoms with van der Waals surface area (Å²) in [5.41, 5.74) is 1.07. The van der Waals surface area contributed by atoms with Gasteiger partial charge >= 0.3 is 0 Å².